The van der Waals surface area contributed by atoms with Gasteiger partial charge in [0.2, 0.25) is 0 Å². The lowest BCUT2D eigenvalue weighted by molar-refractivity contribution is 0.0943. The van der Waals surface area contributed by atoms with Gasteiger partial charge in [-0.1, -0.05) is 30.3 Å². The fourth-order valence-corrected chi connectivity index (χ4v) is 4.25. The Morgan fingerprint density at radius 1 is 0.857 bits per heavy atom. The standard InChI is InChI=1S/C21H17N3O2S2/c25-20(23-13-19-24-16-4-1-2-5-17(16)28-19)15-9-7-14(8-10-15)12-22-21(26)18-6-3-11-27-18/h1-11H,12-13H2,(H,22,26)(H,23,25). The molecule has 2 amide bonds. The monoisotopic (exact) mass is 407 g/mol. The zero-order valence-electron chi connectivity index (χ0n) is 14.8. The molecule has 0 aliphatic rings. The van der Waals surface area contributed by atoms with Crippen molar-refractivity contribution in [3.8, 4) is 0 Å². The summed E-state index contributed by atoms with van der Waals surface area (Å²) < 4.78 is 1.11. The molecule has 2 N–H and O–H groups in total. The maximum absolute atomic E-state index is 12.4. The van der Waals surface area contributed by atoms with Crippen molar-refractivity contribution in [2.75, 3.05) is 0 Å². The van der Waals surface area contributed by atoms with Gasteiger partial charge in [0.1, 0.15) is 5.01 Å². The molecule has 2 aromatic carbocycles. The van der Waals surface area contributed by atoms with Gasteiger partial charge in [0.05, 0.1) is 21.6 Å². The lowest BCUT2D eigenvalue weighted by Gasteiger charge is -2.06. The predicted molar refractivity (Wildman–Crippen MR) is 113 cm³/mol. The molecule has 28 heavy (non-hydrogen) atoms. The number of nitrogens with one attached hydrogen (secondary N) is 2. The van der Waals surface area contributed by atoms with Gasteiger partial charge in [-0.15, -0.1) is 22.7 Å². The second kappa shape index (κ2) is 8.33. The highest BCUT2D eigenvalue weighted by atomic mass is 32.1. The van der Waals surface area contributed by atoms with Crippen LogP contribution in [0, 0.1) is 0 Å². The maximum atomic E-state index is 12.4. The summed E-state index contributed by atoms with van der Waals surface area (Å²) >= 11 is 2.99. The Hall–Kier alpha value is -3.03. The van der Waals surface area contributed by atoms with E-state index in [2.05, 4.69) is 15.6 Å². The van der Waals surface area contributed by atoms with Crippen molar-refractivity contribution in [2.45, 2.75) is 13.1 Å². The zero-order valence-corrected chi connectivity index (χ0v) is 16.5. The number of carbonyl (C=O) groups excluding carboxylic acids is 2. The van der Waals surface area contributed by atoms with Crippen LogP contribution in [-0.4, -0.2) is 16.8 Å². The van der Waals surface area contributed by atoms with Gasteiger partial charge in [-0.25, -0.2) is 4.98 Å². The topological polar surface area (TPSA) is 71.1 Å². The molecular weight excluding hydrogens is 390 g/mol. The van der Waals surface area contributed by atoms with E-state index in [1.54, 1.807) is 29.5 Å². The Labute approximate surface area is 170 Å². The molecule has 7 heteroatoms. The molecule has 2 heterocycles. The van der Waals surface area contributed by atoms with Crippen molar-refractivity contribution in [1.29, 1.82) is 0 Å². The molecular formula is C21H17N3O2S2. The van der Waals surface area contributed by atoms with Gasteiger partial charge in [0.15, 0.2) is 0 Å². The first-order valence-electron chi connectivity index (χ1n) is 8.72. The largest absolute Gasteiger partial charge is 0.347 e. The minimum atomic E-state index is -0.145. The molecule has 0 aliphatic carbocycles. The van der Waals surface area contributed by atoms with Gasteiger partial charge >= 0.3 is 0 Å². The number of carbonyl (C=O) groups is 2. The van der Waals surface area contributed by atoms with Crippen molar-refractivity contribution in [3.05, 3.63) is 87.1 Å². The van der Waals surface area contributed by atoms with E-state index in [4.69, 9.17) is 0 Å². The summed E-state index contributed by atoms with van der Waals surface area (Å²) in [6.07, 6.45) is 0. The Balaban J connectivity index is 1.31. The van der Waals surface area contributed by atoms with Crippen LogP contribution in [0.3, 0.4) is 0 Å². The molecule has 0 fully saturated rings. The van der Waals surface area contributed by atoms with Gasteiger partial charge in [0, 0.05) is 12.1 Å². The normalized spacial score (nSPS) is 10.7. The first kappa shape index (κ1) is 18.3. The van der Waals surface area contributed by atoms with Crippen LogP contribution in [0.1, 0.15) is 30.6 Å². The van der Waals surface area contributed by atoms with E-state index in [0.717, 1.165) is 20.8 Å². The van der Waals surface area contributed by atoms with E-state index in [1.165, 1.54) is 11.3 Å². The van der Waals surface area contributed by atoms with Gasteiger partial charge in [0.25, 0.3) is 11.8 Å². The average Bonchev–Trinajstić information content (AvgIpc) is 3.40. The third-order valence-electron chi connectivity index (χ3n) is 4.15. The Kier molecular flexibility index (Phi) is 5.45. The van der Waals surface area contributed by atoms with Gasteiger partial charge in [-0.3, -0.25) is 9.59 Å². The fraction of sp³-hybridized carbons (Fsp3) is 0.0952. The minimum Gasteiger partial charge on any atom is -0.347 e. The summed E-state index contributed by atoms with van der Waals surface area (Å²) in [5, 5.41) is 8.53. The van der Waals surface area contributed by atoms with E-state index in [0.29, 0.717) is 23.5 Å². The van der Waals surface area contributed by atoms with E-state index < -0.39 is 0 Å². The highest BCUT2D eigenvalue weighted by Crippen LogP contribution is 2.21. The van der Waals surface area contributed by atoms with Crippen LogP contribution in [0.2, 0.25) is 0 Å². The summed E-state index contributed by atoms with van der Waals surface area (Å²) in [5.41, 5.74) is 2.47. The van der Waals surface area contributed by atoms with E-state index >= 15 is 0 Å². The number of fused-ring (bicyclic) bond motifs is 1. The quantitative estimate of drug-likeness (QED) is 0.503. The first-order valence-corrected chi connectivity index (χ1v) is 10.4. The zero-order chi connectivity index (χ0) is 19.3. The number of hydrogen-bond acceptors (Lipinski definition) is 5. The first-order chi connectivity index (χ1) is 13.7. The van der Waals surface area contributed by atoms with Gasteiger partial charge in [-0.2, -0.15) is 0 Å². The Morgan fingerprint density at radius 3 is 2.39 bits per heavy atom. The lowest BCUT2D eigenvalue weighted by atomic mass is 10.1. The van der Waals surface area contributed by atoms with Gasteiger partial charge < -0.3 is 10.6 Å². The smallest absolute Gasteiger partial charge is 0.261 e. The maximum Gasteiger partial charge on any atom is 0.261 e. The molecule has 0 spiro atoms. The van der Waals surface area contributed by atoms with Crippen molar-refractivity contribution in [1.82, 2.24) is 15.6 Å². The number of nitrogens with zero attached hydrogens (tertiary/aromatic N) is 1. The number of amides is 2. The molecule has 0 aliphatic heterocycles. The van der Waals surface area contributed by atoms with Crippen molar-refractivity contribution >= 4 is 44.7 Å². The fourth-order valence-electron chi connectivity index (χ4n) is 2.70. The molecule has 0 saturated carbocycles. The van der Waals surface area contributed by atoms with E-state index in [1.807, 2.05) is 47.8 Å². The minimum absolute atomic E-state index is 0.0901. The predicted octanol–water partition coefficient (Wildman–Crippen LogP) is 4.22. The number of para-hydroxylation sites is 1. The summed E-state index contributed by atoms with van der Waals surface area (Å²) in [6, 6.07) is 18.8. The van der Waals surface area contributed by atoms with Crippen LogP contribution in [0.5, 0.6) is 0 Å². The molecule has 4 aromatic rings. The molecule has 0 atom stereocenters. The number of benzene rings is 2. The molecule has 140 valence electrons. The summed E-state index contributed by atoms with van der Waals surface area (Å²) in [7, 11) is 0. The highest BCUT2D eigenvalue weighted by Gasteiger charge is 2.09. The van der Waals surface area contributed by atoms with Crippen LogP contribution >= 0.6 is 22.7 Å². The summed E-state index contributed by atoms with van der Waals surface area (Å²) in [5.74, 6) is -0.235. The third-order valence-corrected chi connectivity index (χ3v) is 6.06. The van der Waals surface area contributed by atoms with E-state index in [9.17, 15) is 9.59 Å². The number of thiophene rings is 1. The second-order valence-electron chi connectivity index (χ2n) is 6.11. The molecule has 0 radical (unpaired) electrons. The number of rotatable bonds is 6. The molecule has 0 bridgehead atoms. The van der Waals surface area contributed by atoms with Crippen LogP contribution in [0.25, 0.3) is 10.2 Å². The lowest BCUT2D eigenvalue weighted by Crippen LogP contribution is -2.23. The van der Waals surface area contributed by atoms with Crippen molar-refractivity contribution in [2.24, 2.45) is 0 Å². The Morgan fingerprint density at radius 2 is 1.64 bits per heavy atom. The molecule has 0 saturated heterocycles. The number of hydrogen-bond donors (Lipinski definition) is 2. The number of thiazole rings is 1. The number of aromatic nitrogens is 1. The molecule has 5 nitrogen and oxygen atoms in total. The van der Waals surface area contributed by atoms with Crippen LogP contribution in [-0.2, 0) is 13.1 Å². The SMILES string of the molecule is O=C(NCc1nc2ccccc2s1)c1ccc(CNC(=O)c2cccs2)cc1. The summed E-state index contributed by atoms with van der Waals surface area (Å²) in [4.78, 5) is 29.5. The van der Waals surface area contributed by atoms with Crippen LogP contribution < -0.4 is 10.6 Å². The summed E-state index contributed by atoms with van der Waals surface area (Å²) in [6.45, 7) is 0.821. The van der Waals surface area contributed by atoms with Crippen LogP contribution in [0.15, 0.2) is 66.0 Å². The Bertz CT molecular complexity index is 1070. The highest BCUT2D eigenvalue weighted by molar-refractivity contribution is 7.18. The second-order valence-corrected chi connectivity index (χ2v) is 8.18. The third kappa shape index (κ3) is 4.27. The van der Waals surface area contributed by atoms with Gasteiger partial charge in [-0.05, 0) is 41.3 Å². The van der Waals surface area contributed by atoms with E-state index in [-0.39, 0.29) is 11.8 Å². The van der Waals surface area contributed by atoms with Crippen molar-refractivity contribution in [3.63, 3.8) is 0 Å². The molecule has 4 rings (SSSR count). The van der Waals surface area contributed by atoms with Crippen molar-refractivity contribution < 1.29 is 9.59 Å². The average molecular weight is 408 g/mol. The molecule has 0 unspecified atom stereocenters. The molecule has 2 aromatic heterocycles. The van der Waals surface area contributed by atoms with Crippen LogP contribution in [0.4, 0.5) is 0 Å².